The van der Waals surface area contributed by atoms with Gasteiger partial charge in [0.15, 0.2) is 0 Å². The number of nitrogens with zero attached hydrogens (tertiary/aromatic N) is 1. The van der Waals surface area contributed by atoms with Gasteiger partial charge in [-0.1, -0.05) is 25.5 Å². The highest BCUT2D eigenvalue weighted by Gasteiger charge is 2.39. The second kappa shape index (κ2) is 6.61. The lowest BCUT2D eigenvalue weighted by Gasteiger charge is -2.11. The lowest BCUT2D eigenvalue weighted by Crippen LogP contribution is -2.34. The maximum absolute atomic E-state index is 10.8. The first-order valence-corrected chi connectivity index (χ1v) is 7.10. The Kier molecular flexibility index (Phi) is 4.84. The third kappa shape index (κ3) is 3.87. The minimum Gasteiger partial charge on any atom is -0.494 e. The molecule has 0 radical (unpaired) electrons. The van der Waals surface area contributed by atoms with Crippen molar-refractivity contribution >= 4 is 6.03 Å². The molecule has 3 N–H and O–H groups in total. The first kappa shape index (κ1) is 14.7. The van der Waals surface area contributed by atoms with Gasteiger partial charge in [0.25, 0.3) is 0 Å². The number of hydrogen-bond acceptors (Lipinski definition) is 3. The summed E-state index contributed by atoms with van der Waals surface area (Å²) in [5.41, 5.74) is 6.21. The van der Waals surface area contributed by atoms with E-state index in [1.165, 1.54) is 5.56 Å². The summed E-state index contributed by atoms with van der Waals surface area (Å²) < 4.78 is 5.61. The summed E-state index contributed by atoms with van der Waals surface area (Å²) in [4.78, 5) is 10.8. The first-order valence-electron chi connectivity index (χ1n) is 7.10. The average molecular weight is 278 g/mol. The zero-order chi connectivity index (χ0) is 14.5. The largest absolute Gasteiger partial charge is 0.494 e. The Balaban J connectivity index is 1.81. The van der Waals surface area contributed by atoms with E-state index in [0.717, 1.165) is 31.6 Å². The molecule has 0 spiro atoms. The van der Waals surface area contributed by atoms with Gasteiger partial charge >= 0.3 is 6.03 Å². The van der Waals surface area contributed by atoms with E-state index < -0.39 is 6.03 Å². The molecule has 1 aromatic rings. The summed E-state index contributed by atoms with van der Waals surface area (Å²) in [6.45, 7) is 3.19. The molecule has 1 aliphatic carbocycles. The third-order valence-corrected chi connectivity index (χ3v) is 3.66. The fourth-order valence-electron chi connectivity index (χ4n) is 2.32. The van der Waals surface area contributed by atoms with Gasteiger partial charge in [0.2, 0.25) is 0 Å². The van der Waals surface area contributed by atoms with E-state index in [2.05, 4.69) is 19.1 Å². The number of hydroxylamine groups is 2. The monoisotopic (exact) mass is 278 g/mol. The molecular weight excluding hydrogens is 256 g/mol. The van der Waals surface area contributed by atoms with Crippen LogP contribution < -0.4 is 10.5 Å². The van der Waals surface area contributed by atoms with E-state index in [9.17, 15) is 10.0 Å². The number of rotatable bonds is 7. The smallest absolute Gasteiger partial charge is 0.338 e. The summed E-state index contributed by atoms with van der Waals surface area (Å²) >= 11 is 0. The van der Waals surface area contributed by atoms with Gasteiger partial charge in [-0.05, 0) is 42.4 Å². The van der Waals surface area contributed by atoms with Gasteiger partial charge in [0.1, 0.15) is 5.75 Å². The van der Waals surface area contributed by atoms with E-state index in [1.807, 2.05) is 12.1 Å². The molecule has 2 atom stereocenters. The Morgan fingerprint density at radius 3 is 2.75 bits per heavy atom. The van der Waals surface area contributed by atoms with Gasteiger partial charge in [0, 0.05) is 0 Å². The van der Waals surface area contributed by atoms with Crippen LogP contribution in [0.4, 0.5) is 4.79 Å². The van der Waals surface area contributed by atoms with Crippen LogP contribution in [-0.2, 0) is 0 Å². The molecule has 0 aliphatic heterocycles. The van der Waals surface area contributed by atoms with E-state index in [-0.39, 0.29) is 0 Å². The standard InChI is InChI=1S/C15H22N2O3/c1-2-3-8-20-13-6-4-11(5-7-13)14-9-12(14)10-17(19)15(16)18/h4-7,12,14,19H,2-3,8-10H2,1H3,(H2,16,18)/t12-,14-/m0/s1. The van der Waals surface area contributed by atoms with Crippen LogP contribution in [0, 0.1) is 5.92 Å². The Morgan fingerprint density at radius 1 is 1.45 bits per heavy atom. The van der Waals surface area contributed by atoms with E-state index >= 15 is 0 Å². The Morgan fingerprint density at radius 2 is 2.15 bits per heavy atom. The van der Waals surface area contributed by atoms with Crippen molar-refractivity contribution in [3.05, 3.63) is 29.8 Å². The van der Waals surface area contributed by atoms with Crippen LogP contribution in [0.25, 0.3) is 0 Å². The number of ether oxygens (including phenoxy) is 1. The third-order valence-electron chi connectivity index (χ3n) is 3.66. The molecule has 1 saturated carbocycles. The molecule has 2 amide bonds. The van der Waals surface area contributed by atoms with E-state index in [0.29, 0.717) is 23.4 Å². The molecule has 1 fully saturated rings. The van der Waals surface area contributed by atoms with Crippen molar-refractivity contribution in [2.45, 2.75) is 32.1 Å². The molecule has 0 bridgehead atoms. The highest BCUT2D eigenvalue weighted by Crippen LogP contribution is 2.47. The van der Waals surface area contributed by atoms with Gasteiger partial charge in [-0.25, -0.2) is 9.86 Å². The number of unbranched alkanes of at least 4 members (excludes halogenated alkanes) is 1. The Labute approximate surface area is 119 Å². The van der Waals surface area contributed by atoms with Crippen LogP contribution in [0.5, 0.6) is 5.75 Å². The predicted octanol–water partition coefficient (Wildman–Crippen LogP) is 2.74. The fraction of sp³-hybridized carbons (Fsp3) is 0.533. The molecule has 5 nitrogen and oxygen atoms in total. The second-order valence-electron chi connectivity index (χ2n) is 5.29. The van der Waals surface area contributed by atoms with Crippen molar-refractivity contribution in [2.75, 3.05) is 13.2 Å². The van der Waals surface area contributed by atoms with Crippen molar-refractivity contribution in [1.29, 1.82) is 0 Å². The lowest BCUT2D eigenvalue weighted by molar-refractivity contribution is -0.0431. The number of benzene rings is 1. The molecule has 0 heterocycles. The van der Waals surface area contributed by atoms with Crippen LogP contribution in [0.2, 0.25) is 0 Å². The highest BCUT2D eigenvalue weighted by atomic mass is 16.5. The number of urea groups is 1. The highest BCUT2D eigenvalue weighted by molar-refractivity contribution is 5.70. The van der Waals surface area contributed by atoms with Crippen LogP contribution in [0.15, 0.2) is 24.3 Å². The van der Waals surface area contributed by atoms with Crippen LogP contribution in [-0.4, -0.2) is 29.5 Å². The number of carbonyl (C=O) groups excluding carboxylic acids is 1. The molecular formula is C15H22N2O3. The number of nitrogens with two attached hydrogens (primary N) is 1. The number of primary amides is 1. The minimum absolute atomic E-state index is 0.291. The maximum atomic E-state index is 10.8. The van der Waals surface area contributed by atoms with E-state index in [4.69, 9.17) is 10.5 Å². The topological polar surface area (TPSA) is 75.8 Å². The SMILES string of the molecule is CCCCOc1ccc([C@@H]2C[C@H]2CN(O)C(N)=O)cc1. The fourth-order valence-corrected chi connectivity index (χ4v) is 2.32. The number of carbonyl (C=O) groups is 1. The summed E-state index contributed by atoms with van der Waals surface area (Å²) in [6.07, 6.45) is 3.16. The summed E-state index contributed by atoms with van der Waals surface area (Å²) in [5.74, 6) is 1.58. The second-order valence-corrected chi connectivity index (χ2v) is 5.29. The van der Waals surface area contributed by atoms with Gasteiger partial charge in [0.05, 0.1) is 13.2 Å². The molecule has 0 unspecified atom stereocenters. The normalized spacial score (nSPS) is 20.5. The van der Waals surface area contributed by atoms with Crippen molar-refractivity contribution in [3.8, 4) is 5.75 Å². The van der Waals surface area contributed by atoms with Crippen molar-refractivity contribution < 1.29 is 14.7 Å². The van der Waals surface area contributed by atoms with Crippen LogP contribution >= 0.6 is 0 Å². The van der Waals surface area contributed by atoms with Gasteiger partial charge in [-0.15, -0.1) is 0 Å². The summed E-state index contributed by atoms with van der Waals surface area (Å²) in [5, 5.41) is 9.90. The molecule has 2 rings (SSSR count). The molecule has 110 valence electrons. The maximum Gasteiger partial charge on any atom is 0.338 e. The van der Waals surface area contributed by atoms with Gasteiger partial charge in [-0.3, -0.25) is 5.21 Å². The lowest BCUT2D eigenvalue weighted by atomic mass is 10.1. The zero-order valence-corrected chi connectivity index (χ0v) is 11.8. The molecule has 20 heavy (non-hydrogen) atoms. The van der Waals surface area contributed by atoms with Crippen molar-refractivity contribution in [2.24, 2.45) is 11.7 Å². The predicted molar refractivity (Wildman–Crippen MR) is 75.8 cm³/mol. The quantitative estimate of drug-likeness (QED) is 0.457. The van der Waals surface area contributed by atoms with Gasteiger partial charge in [-0.2, -0.15) is 0 Å². The molecule has 1 aromatic carbocycles. The van der Waals surface area contributed by atoms with Gasteiger partial charge < -0.3 is 10.5 Å². The molecule has 0 aromatic heterocycles. The molecule has 1 aliphatic rings. The summed E-state index contributed by atoms with van der Waals surface area (Å²) in [7, 11) is 0. The average Bonchev–Trinajstić information content (AvgIpc) is 3.19. The number of hydrogen-bond donors (Lipinski definition) is 2. The first-order chi connectivity index (χ1) is 9.61. The molecule has 0 saturated heterocycles. The van der Waals surface area contributed by atoms with E-state index in [1.54, 1.807) is 0 Å². The molecule has 5 heteroatoms. The van der Waals surface area contributed by atoms with Crippen molar-refractivity contribution in [1.82, 2.24) is 5.06 Å². The van der Waals surface area contributed by atoms with Crippen LogP contribution in [0.1, 0.15) is 37.7 Å². The summed E-state index contributed by atoms with van der Waals surface area (Å²) in [6, 6.07) is 7.27. The minimum atomic E-state index is -0.796. The zero-order valence-electron chi connectivity index (χ0n) is 11.8. The number of amides is 2. The Bertz CT molecular complexity index is 447. The van der Waals surface area contributed by atoms with Crippen LogP contribution in [0.3, 0.4) is 0 Å². The Hall–Kier alpha value is -1.75. The van der Waals surface area contributed by atoms with Crippen molar-refractivity contribution in [3.63, 3.8) is 0 Å².